The van der Waals surface area contributed by atoms with Crippen molar-refractivity contribution in [2.24, 2.45) is 0 Å². The maximum Gasteiger partial charge on any atom is 0.412 e. The summed E-state index contributed by atoms with van der Waals surface area (Å²) < 4.78 is 29.8. The Morgan fingerprint density at radius 3 is 2.40 bits per heavy atom. The Balaban J connectivity index is 2.01. The van der Waals surface area contributed by atoms with E-state index in [1.165, 1.54) is 12.1 Å². The number of anilines is 2. The van der Waals surface area contributed by atoms with Crippen LogP contribution in [0.4, 0.5) is 20.6 Å². The Morgan fingerprint density at radius 2 is 1.77 bits per heavy atom. The van der Waals surface area contributed by atoms with Crippen molar-refractivity contribution in [1.82, 2.24) is 0 Å². The van der Waals surface area contributed by atoms with Gasteiger partial charge in [0.1, 0.15) is 11.4 Å². The van der Waals surface area contributed by atoms with Crippen molar-refractivity contribution in [3.8, 4) is 11.5 Å². The van der Waals surface area contributed by atoms with Gasteiger partial charge in [-0.05, 0) is 57.0 Å². The number of carbonyl (C=O) groups excluding carboxylic acids is 2. The Hall–Kier alpha value is -3.29. The molecule has 0 bridgehead atoms. The highest BCUT2D eigenvalue weighted by molar-refractivity contribution is 5.92. The van der Waals surface area contributed by atoms with E-state index in [0.717, 1.165) is 11.6 Å². The molecule has 0 fully saturated rings. The predicted molar refractivity (Wildman–Crippen MR) is 113 cm³/mol. The van der Waals surface area contributed by atoms with Crippen LogP contribution >= 0.6 is 0 Å². The fourth-order valence-corrected chi connectivity index (χ4v) is 2.73. The minimum Gasteiger partial charge on any atom is -0.493 e. The summed E-state index contributed by atoms with van der Waals surface area (Å²) in [7, 11) is 3.09. The summed E-state index contributed by atoms with van der Waals surface area (Å²) in [4.78, 5) is 24.2. The molecule has 0 heterocycles. The standard InChI is InChI=1S/C22H27FN2O5/c1-22(2,3)30-21(27)25-17-13-15(10-11-16(17)23)24-19(26)12-9-14-7-6-8-18(28-4)20(14)29-5/h6-8,10-11,13H,9,12H2,1-5H3,(H,24,26)(H,25,27). The van der Waals surface area contributed by atoms with Crippen molar-refractivity contribution in [3.05, 3.63) is 47.8 Å². The summed E-state index contributed by atoms with van der Waals surface area (Å²) in [5, 5.41) is 5.05. The smallest absolute Gasteiger partial charge is 0.412 e. The quantitative estimate of drug-likeness (QED) is 0.677. The third-order valence-electron chi connectivity index (χ3n) is 3.99. The molecule has 2 aromatic rings. The third-order valence-corrected chi connectivity index (χ3v) is 3.99. The first-order valence-corrected chi connectivity index (χ1v) is 9.42. The van der Waals surface area contributed by atoms with Gasteiger partial charge in [-0.2, -0.15) is 0 Å². The Labute approximate surface area is 175 Å². The first-order valence-electron chi connectivity index (χ1n) is 9.42. The third kappa shape index (κ3) is 6.65. The van der Waals surface area contributed by atoms with E-state index >= 15 is 0 Å². The van der Waals surface area contributed by atoms with Gasteiger partial charge in [-0.3, -0.25) is 10.1 Å². The number of nitrogens with one attached hydrogen (secondary N) is 2. The monoisotopic (exact) mass is 418 g/mol. The fourth-order valence-electron chi connectivity index (χ4n) is 2.73. The number of aryl methyl sites for hydroxylation is 1. The summed E-state index contributed by atoms with van der Waals surface area (Å²) in [6.07, 6.45) is -0.179. The van der Waals surface area contributed by atoms with E-state index in [1.807, 2.05) is 12.1 Å². The number of amides is 2. The van der Waals surface area contributed by atoms with Crippen LogP contribution in [-0.4, -0.2) is 31.8 Å². The number of hydrogen-bond donors (Lipinski definition) is 2. The predicted octanol–water partition coefficient (Wildman–Crippen LogP) is 4.76. The highest BCUT2D eigenvalue weighted by atomic mass is 19.1. The minimum absolute atomic E-state index is 0.0866. The van der Waals surface area contributed by atoms with Crippen molar-refractivity contribution >= 4 is 23.4 Å². The van der Waals surface area contributed by atoms with E-state index in [4.69, 9.17) is 14.2 Å². The molecule has 8 heteroatoms. The molecule has 0 aromatic heterocycles. The first kappa shape index (κ1) is 23.0. The molecule has 0 saturated carbocycles. The van der Waals surface area contributed by atoms with Crippen LogP contribution in [0.5, 0.6) is 11.5 Å². The van der Waals surface area contributed by atoms with Crippen LogP contribution in [0, 0.1) is 5.82 Å². The molecule has 2 amide bonds. The van der Waals surface area contributed by atoms with Gasteiger partial charge in [0.2, 0.25) is 5.91 Å². The molecule has 7 nitrogen and oxygen atoms in total. The summed E-state index contributed by atoms with van der Waals surface area (Å²) in [5.74, 6) is 0.264. The maximum absolute atomic E-state index is 14.0. The number of methoxy groups -OCH3 is 2. The molecule has 2 N–H and O–H groups in total. The fraction of sp³-hybridized carbons (Fsp3) is 0.364. The summed E-state index contributed by atoms with van der Waals surface area (Å²) in [5.41, 5.74) is 0.382. The molecule has 0 saturated heterocycles. The number of benzene rings is 2. The molecule has 2 rings (SSSR count). The highest BCUT2D eigenvalue weighted by Gasteiger charge is 2.18. The second-order valence-corrected chi connectivity index (χ2v) is 7.52. The molecule has 0 aliphatic rings. The minimum atomic E-state index is -0.782. The molecule has 0 spiro atoms. The van der Waals surface area contributed by atoms with E-state index < -0.39 is 17.5 Å². The Kier molecular flexibility index (Phi) is 7.63. The van der Waals surface area contributed by atoms with Crippen molar-refractivity contribution in [3.63, 3.8) is 0 Å². The second-order valence-electron chi connectivity index (χ2n) is 7.52. The van der Waals surface area contributed by atoms with Crippen molar-refractivity contribution in [2.75, 3.05) is 24.9 Å². The SMILES string of the molecule is COc1cccc(CCC(=O)Nc2ccc(F)c(NC(=O)OC(C)(C)C)c2)c1OC. The van der Waals surface area contributed by atoms with E-state index in [2.05, 4.69) is 10.6 Å². The van der Waals surface area contributed by atoms with Crippen LogP contribution in [-0.2, 0) is 16.0 Å². The number of ether oxygens (including phenoxy) is 3. The number of para-hydroxylation sites is 1. The van der Waals surface area contributed by atoms with Gasteiger partial charge in [0.15, 0.2) is 11.5 Å². The molecule has 0 unspecified atom stereocenters. The molecule has 0 aliphatic carbocycles. The van der Waals surface area contributed by atoms with Crippen LogP contribution in [0.2, 0.25) is 0 Å². The van der Waals surface area contributed by atoms with Gasteiger partial charge in [-0.1, -0.05) is 12.1 Å². The lowest BCUT2D eigenvalue weighted by Crippen LogP contribution is -2.27. The zero-order valence-corrected chi connectivity index (χ0v) is 17.8. The lowest BCUT2D eigenvalue weighted by molar-refractivity contribution is -0.116. The zero-order valence-electron chi connectivity index (χ0n) is 17.8. The summed E-state index contributed by atoms with van der Waals surface area (Å²) >= 11 is 0. The summed E-state index contributed by atoms with van der Waals surface area (Å²) in [6, 6.07) is 9.37. The summed E-state index contributed by atoms with van der Waals surface area (Å²) in [6.45, 7) is 5.12. The van der Waals surface area contributed by atoms with Gasteiger partial charge in [-0.15, -0.1) is 0 Å². The van der Waals surface area contributed by atoms with Crippen LogP contribution in [0.15, 0.2) is 36.4 Å². The van der Waals surface area contributed by atoms with Gasteiger partial charge in [0.05, 0.1) is 19.9 Å². The average molecular weight is 418 g/mol. The van der Waals surface area contributed by atoms with Crippen LogP contribution < -0.4 is 20.1 Å². The highest BCUT2D eigenvalue weighted by Crippen LogP contribution is 2.31. The Morgan fingerprint density at radius 1 is 1.03 bits per heavy atom. The van der Waals surface area contributed by atoms with Crippen LogP contribution in [0.3, 0.4) is 0 Å². The molecular weight excluding hydrogens is 391 g/mol. The van der Waals surface area contributed by atoms with Crippen LogP contribution in [0.25, 0.3) is 0 Å². The Bertz CT molecular complexity index is 909. The van der Waals surface area contributed by atoms with Crippen molar-refractivity contribution in [1.29, 1.82) is 0 Å². The molecule has 0 aliphatic heterocycles. The largest absolute Gasteiger partial charge is 0.493 e. The van der Waals surface area contributed by atoms with Gasteiger partial charge in [0, 0.05) is 12.1 Å². The van der Waals surface area contributed by atoms with E-state index in [1.54, 1.807) is 41.1 Å². The van der Waals surface area contributed by atoms with Gasteiger partial charge in [-0.25, -0.2) is 9.18 Å². The van der Waals surface area contributed by atoms with Crippen molar-refractivity contribution in [2.45, 2.75) is 39.2 Å². The van der Waals surface area contributed by atoms with Crippen LogP contribution in [0.1, 0.15) is 32.8 Å². The topological polar surface area (TPSA) is 85.9 Å². The molecule has 30 heavy (non-hydrogen) atoms. The molecule has 162 valence electrons. The van der Waals surface area contributed by atoms with Gasteiger partial charge >= 0.3 is 6.09 Å². The van der Waals surface area contributed by atoms with E-state index in [9.17, 15) is 14.0 Å². The molecule has 0 radical (unpaired) electrons. The lowest BCUT2D eigenvalue weighted by Gasteiger charge is -2.20. The van der Waals surface area contributed by atoms with E-state index in [-0.39, 0.29) is 18.0 Å². The van der Waals surface area contributed by atoms with Crippen molar-refractivity contribution < 1.29 is 28.2 Å². The van der Waals surface area contributed by atoms with E-state index in [0.29, 0.717) is 23.6 Å². The lowest BCUT2D eigenvalue weighted by atomic mass is 10.1. The number of hydrogen-bond acceptors (Lipinski definition) is 5. The maximum atomic E-state index is 14.0. The molecular formula is C22H27FN2O5. The second kappa shape index (κ2) is 9.96. The number of rotatable bonds is 7. The average Bonchev–Trinajstić information content (AvgIpc) is 2.67. The first-order chi connectivity index (χ1) is 14.1. The zero-order chi connectivity index (χ0) is 22.3. The normalized spacial score (nSPS) is 10.9. The molecule has 0 atom stereocenters. The number of halogens is 1. The molecule has 2 aromatic carbocycles. The van der Waals surface area contributed by atoms with Gasteiger partial charge in [0.25, 0.3) is 0 Å². The number of carbonyl (C=O) groups is 2. The van der Waals surface area contributed by atoms with Gasteiger partial charge < -0.3 is 19.5 Å².